The van der Waals surface area contributed by atoms with E-state index in [1.54, 1.807) is 6.08 Å². The highest BCUT2D eigenvalue weighted by molar-refractivity contribution is 7.45. The lowest BCUT2D eigenvalue weighted by Crippen LogP contribution is -2.45. The van der Waals surface area contributed by atoms with Gasteiger partial charge in [-0.2, -0.15) is 0 Å². The number of aliphatic hydroxyl groups excluding tert-OH is 1. The highest BCUT2D eigenvalue weighted by Crippen LogP contribution is 2.38. The first-order valence-corrected chi connectivity index (χ1v) is 40.0. The molecule has 9 heteroatoms. The first-order chi connectivity index (χ1) is 41.5. The minimum atomic E-state index is -4.60. The number of likely N-dealkylation sites (N-methyl/N-ethyl adjacent to an activating group) is 1. The molecule has 0 aliphatic rings. The van der Waals surface area contributed by atoms with Crippen molar-refractivity contribution in [3.8, 4) is 0 Å². The van der Waals surface area contributed by atoms with Crippen LogP contribution in [0.2, 0.25) is 0 Å². The average molecular weight is 1220 g/mol. The number of unbranched alkanes of at least 4 members (excludes halogenated alkanes) is 60. The Morgan fingerprint density at radius 2 is 0.635 bits per heavy atom. The molecule has 0 saturated carbocycles. The lowest BCUT2D eigenvalue weighted by atomic mass is 10.0. The Balaban J connectivity index is 3.93. The Labute approximate surface area is 532 Å². The van der Waals surface area contributed by atoms with Gasteiger partial charge < -0.3 is 28.8 Å². The molecule has 3 atom stereocenters. The number of quaternary nitrogens is 1. The molecule has 0 aliphatic heterocycles. The van der Waals surface area contributed by atoms with Crippen molar-refractivity contribution in [2.45, 2.75) is 431 Å². The van der Waals surface area contributed by atoms with E-state index in [1.807, 2.05) is 27.2 Å². The molecule has 1 amide bonds. The quantitative estimate of drug-likeness (QED) is 0.0272. The summed E-state index contributed by atoms with van der Waals surface area (Å²) in [4.78, 5) is 25.7. The fourth-order valence-electron chi connectivity index (χ4n) is 12.3. The number of phosphoric ester groups is 1. The van der Waals surface area contributed by atoms with Crippen molar-refractivity contribution in [1.82, 2.24) is 5.32 Å². The van der Waals surface area contributed by atoms with Crippen molar-refractivity contribution >= 4 is 13.7 Å². The number of amides is 1. The topological polar surface area (TPSA) is 108 Å². The van der Waals surface area contributed by atoms with Crippen molar-refractivity contribution in [2.75, 3.05) is 40.9 Å². The van der Waals surface area contributed by atoms with Gasteiger partial charge in [-0.05, 0) is 19.3 Å². The zero-order valence-electron chi connectivity index (χ0n) is 58.4. The first-order valence-electron chi connectivity index (χ1n) is 38.6. The van der Waals surface area contributed by atoms with Gasteiger partial charge >= 0.3 is 0 Å². The molecule has 0 saturated heterocycles. The number of carbonyl (C=O) groups excluding carboxylic acids is 1. The Morgan fingerprint density at radius 1 is 0.400 bits per heavy atom. The van der Waals surface area contributed by atoms with Crippen LogP contribution in [0.1, 0.15) is 418 Å². The maximum atomic E-state index is 13.1. The van der Waals surface area contributed by atoms with Crippen LogP contribution >= 0.6 is 7.82 Å². The summed E-state index contributed by atoms with van der Waals surface area (Å²) in [5.41, 5.74) is 0. The van der Waals surface area contributed by atoms with Crippen LogP contribution in [0.5, 0.6) is 0 Å². The lowest BCUT2D eigenvalue weighted by Gasteiger charge is -2.29. The van der Waals surface area contributed by atoms with Gasteiger partial charge in [0.2, 0.25) is 5.91 Å². The fraction of sp³-hybridized carbons (Fsp3) is 0.961. The number of hydrogen-bond acceptors (Lipinski definition) is 6. The molecule has 0 heterocycles. The standard InChI is InChI=1S/C76H153N2O6P/c1-6-8-10-12-14-16-18-20-22-24-26-28-30-32-34-35-36-37-38-39-40-41-42-43-44-46-48-50-52-54-56-58-60-62-64-66-68-70-76(80)77-74(73-84-85(81,82)83-72-71-78(3,4)5)75(79)69-67-65-63-61-59-57-55-53-51-49-47-45-33-31-29-27-25-23-21-19-17-15-13-11-9-7-2/h67,69,74-75,79H,6-66,68,70-73H2,1-5H3,(H-,77,80,81,82)/b69-67+. The summed E-state index contributed by atoms with van der Waals surface area (Å²) in [7, 11) is 1.29. The van der Waals surface area contributed by atoms with E-state index >= 15 is 0 Å². The number of phosphoric acid groups is 1. The first kappa shape index (κ1) is 84.2. The molecular formula is C76H153N2O6P. The Morgan fingerprint density at radius 3 is 0.882 bits per heavy atom. The van der Waals surface area contributed by atoms with E-state index in [4.69, 9.17) is 9.05 Å². The van der Waals surface area contributed by atoms with Crippen molar-refractivity contribution in [1.29, 1.82) is 0 Å². The van der Waals surface area contributed by atoms with Crippen LogP contribution in [0.25, 0.3) is 0 Å². The van der Waals surface area contributed by atoms with Crippen molar-refractivity contribution < 1.29 is 32.9 Å². The number of rotatable bonds is 73. The number of hydrogen-bond donors (Lipinski definition) is 2. The Kier molecular flexibility index (Phi) is 67.0. The molecule has 0 bridgehead atoms. The van der Waals surface area contributed by atoms with Crippen LogP contribution in [-0.2, 0) is 18.4 Å². The number of carbonyl (C=O) groups is 1. The van der Waals surface area contributed by atoms with Crippen molar-refractivity contribution in [2.24, 2.45) is 0 Å². The van der Waals surface area contributed by atoms with E-state index in [0.717, 1.165) is 38.5 Å². The predicted octanol–water partition coefficient (Wildman–Crippen LogP) is 24.2. The summed E-state index contributed by atoms with van der Waals surface area (Å²) in [5, 5.41) is 14.0. The molecule has 85 heavy (non-hydrogen) atoms. The van der Waals surface area contributed by atoms with Gasteiger partial charge in [-0.15, -0.1) is 0 Å². The fourth-order valence-corrected chi connectivity index (χ4v) is 13.0. The summed E-state index contributed by atoms with van der Waals surface area (Å²) in [6.07, 6.45) is 88.0. The normalized spacial score (nSPS) is 13.5. The van der Waals surface area contributed by atoms with Crippen LogP contribution < -0.4 is 10.2 Å². The highest BCUT2D eigenvalue weighted by Gasteiger charge is 2.23. The number of nitrogens with zero attached hydrogens (tertiary/aromatic N) is 1. The van der Waals surface area contributed by atoms with Gasteiger partial charge in [-0.1, -0.05) is 405 Å². The molecule has 0 aliphatic carbocycles. The molecule has 0 aromatic heterocycles. The molecule has 2 N–H and O–H groups in total. The molecule has 0 aromatic rings. The second kappa shape index (κ2) is 67.6. The third-order valence-electron chi connectivity index (χ3n) is 18.2. The second-order valence-corrected chi connectivity index (χ2v) is 29.5. The summed E-state index contributed by atoms with van der Waals surface area (Å²) in [5.74, 6) is -0.186. The van der Waals surface area contributed by atoms with Crippen LogP contribution in [0, 0.1) is 0 Å². The van der Waals surface area contributed by atoms with Crippen LogP contribution in [0.15, 0.2) is 12.2 Å². The van der Waals surface area contributed by atoms with Crippen LogP contribution in [0.4, 0.5) is 0 Å². The van der Waals surface area contributed by atoms with Crippen LogP contribution in [0.3, 0.4) is 0 Å². The van der Waals surface area contributed by atoms with E-state index in [2.05, 4.69) is 19.2 Å². The number of aliphatic hydroxyl groups is 1. The summed E-state index contributed by atoms with van der Waals surface area (Å²) in [6, 6.07) is -0.884. The molecule has 0 fully saturated rings. The molecule has 508 valence electrons. The van der Waals surface area contributed by atoms with Gasteiger partial charge in [0.15, 0.2) is 0 Å². The molecule has 8 nitrogen and oxygen atoms in total. The van der Waals surface area contributed by atoms with Gasteiger partial charge in [0.25, 0.3) is 7.82 Å². The minimum Gasteiger partial charge on any atom is -0.756 e. The highest BCUT2D eigenvalue weighted by atomic mass is 31.2. The zero-order chi connectivity index (χ0) is 61.9. The summed E-state index contributed by atoms with van der Waals surface area (Å²) >= 11 is 0. The SMILES string of the molecule is CCCCCCCCCCCCCCCCCCCCCCCCCC/C=C/C(O)C(COP(=O)([O-])OCC[N+](C)(C)C)NC(=O)CCCCCCCCCCCCCCCCCCCCCCCCCCCCCCCCCCCCCCC. The van der Waals surface area contributed by atoms with Gasteiger partial charge in [-0.3, -0.25) is 9.36 Å². The molecule has 0 aromatic carbocycles. The maximum Gasteiger partial charge on any atom is 0.268 e. The molecule has 3 unspecified atom stereocenters. The molecule has 0 radical (unpaired) electrons. The summed E-state index contributed by atoms with van der Waals surface area (Å²) < 4.78 is 23.5. The Hall–Kier alpha value is -0.760. The molecular weight excluding hydrogens is 1070 g/mol. The predicted molar refractivity (Wildman–Crippen MR) is 372 cm³/mol. The third kappa shape index (κ3) is 70.6. The van der Waals surface area contributed by atoms with E-state index in [1.165, 1.54) is 360 Å². The van der Waals surface area contributed by atoms with E-state index in [0.29, 0.717) is 17.4 Å². The van der Waals surface area contributed by atoms with Crippen molar-refractivity contribution in [3.05, 3.63) is 12.2 Å². The largest absolute Gasteiger partial charge is 0.756 e. The van der Waals surface area contributed by atoms with Crippen molar-refractivity contribution in [3.63, 3.8) is 0 Å². The maximum absolute atomic E-state index is 13.1. The van der Waals surface area contributed by atoms with E-state index < -0.39 is 20.0 Å². The third-order valence-corrected chi connectivity index (χ3v) is 19.2. The summed E-state index contributed by atoms with van der Waals surface area (Å²) in [6.45, 7) is 4.73. The van der Waals surface area contributed by atoms with Crippen LogP contribution in [-0.4, -0.2) is 68.5 Å². The van der Waals surface area contributed by atoms with Gasteiger partial charge in [0.05, 0.1) is 39.9 Å². The van der Waals surface area contributed by atoms with Gasteiger partial charge in [-0.25, -0.2) is 0 Å². The van der Waals surface area contributed by atoms with Gasteiger partial charge in [0, 0.05) is 6.42 Å². The lowest BCUT2D eigenvalue weighted by molar-refractivity contribution is -0.870. The number of nitrogens with one attached hydrogen (secondary N) is 1. The smallest absolute Gasteiger partial charge is 0.268 e. The molecule has 0 spiro atoms. The second-order valence-electron chi connectivity index (χ2n) is 28.1. The molecule has 0 rings (SSSR count). The average Bonchev–Trinajstić information content (AvgIpc) is 3.49. The number of allylic oxidation sites excluding steroid dienone is 1. The van der Waals surface area contributed by atoms with E-state index in [-0.39, 0.29) is 19.1 Å². The monoisotopic (exact) mass is 1220 g/mol. The Bertz CT molecular complexity index is 1390. The van der Waals surface area contributed by atoms with E-state index in [9.17, 15) is 19.4 Å². The van der Waals surface area contributed by atoms with Gasteiger partial charge in [0.1, 0.15) is 13.2 Å². The zero-order valence-corrected chi connectivity index (χ0v) is 59.3. The minimum absolute atomic E-state index is 0.00310.